The van der Waals surface area contributed by atoms with Gasteiger partial charge in [-0.15, -0.1) is 0 Å². The average Bonchev–Trinajstić information content (AvgIpc) is 2.40. The molecule has 0 amide bonds. The van der Waals surface area contributed by atoms with Crippen molar-refractivity contribution in [3.63, 3.8) is 0 Å². The number of aromatic nitrogens is 2. The molecule has 0 radical (unpaired) electrons. The van der Waals surface area contributed by atoms with Crippen molar-refractivity contribution in [1.82, 2.24) is 9.78 Å². The minimum absolute atomic E-state index is 0.138. The molecule has 0 aliphatic carbocycles. The summed E-state index contributed by atoms with van der Waals surface area (Å²) in [5.74, 6) is 0. The Bertz CT molecular complexity index is 691. The first-order valence-electron chi connectivity index (χ1n) is 6.95. The van der Waals surface area contributed by atoms with Gasteiger partial charge in [-0.2, -0.15) is 5.10 Å². The summed E-state index contributed by atoms with van der Waals surface area (Å²) in [6, 6.07) is 7.48. The maximum atomic E-state index is 12.1. The van der Waals surface area contributed by atoms with E-state index < -0.39 is 0 Å². The molecule has 112 valence electrons. The highest BCUT2D eigenvalue weighted by Crippen LogP contribution is 2.18. The Kier molecular flexibility index (Phi) is 4.43. The first-order chi connectivity index (χ1) is 9.88. The van der Waals surface area contributed by atoms with Crippen LogP contribution >= 0.6 is 0 Å². The second-order valence-corrected chi connectivity index (χ2v) is 5.60. The normalized spacial score (nSPS) is 12.2. The van der Waals surface area contributed by atoms with Crippen LogP contribution in [0.4, 0.5) is 5.69 Å². The monoisotopic (exact) mass is 286 g/mol. The average molecular weight is 286 g/mol. The molecule has 1 aromatic carbocycles. The number of aryl methyl sites for hydroxylation is 2. The van der Waals surface area contributed by atoms with Crippen molar-refractivity contribution in [2.24, 2.45) is 5.73 Å². The van der Waals surface area contributed by atoms with E-state index in [0.717, 1.165) is 16.8 Å². The van der Waals surface area contributed by atoms with E-state index in [1.807, 2.05) is 45.0 Å². The van der Waals surface area contributed by atoms with Crippen molar-refractivity contribution in [1.29, 1.82) is 0 Å². The molecule has 5 nitrogen and oxygen atoms in total. The molecule has 0 spiro atoms. The zero-order chi connectivity index (χ0) is 15.6. The molecule has 0 saturated carbocycles. The van der Waals surface area contributed by atoms with Gasteiger partial charge in [-0.1, -0.05) is 23.8 Å². The molecule has 1 heterocycles. The Labute approximate surface area is 125 Å². The highest BCUT2D eigenvalue weighted by Gasteiger charge is 2.12. The quantitative estimate of drug-likeness (QED) is 0.927. The van der Waals surface area contributed by atoms with Crippen molar-refractivity contribution in [2.45, 2.75) is 26.4 Å². The molecule has 21 heavy (non-hydrogen) atoms. The zero-order valence-corrected chi connectivity index (χ0v) is 13.0. The van der Waals surface area contributed by atoms with E-state index in [1.165, 1.54) is 10.2 Å². The highest BCUT2D eigenvalue weighted by atomic mass is 16.1. The van der Waals surface area contributed by atoms with Gasteiger partial charge in [0.15, 0.2) is 0 Å². The molecule has 2 aromatic rings. The van der Waals surface area contributed by atoms with Crippen LogP contribution in [0.25, 0.3) is 0 Å². The lowest BCUT2D eigenvalue weighted by atomic mass is 10.00. The van der Waals surface area contributed by atoms with E-state index in [9.17, 15) is 4.79 Å². The number of hydrogen-bond acceptors (Lipinski definition) is 4. The Morgan fingerprint density at radius 2 is 2.00 bits per heavy atom. The molecular weight excluding hydrogens is 264 g/mol. The van der Waals surface area contributed by atoms with Gasteiger partial charge >= 0.3 is 0 Å². The van der Waals surface area contributed by atoms with Crippen LogP contribution in [0.5, 0.6) is 0 Å². The molecule has 0 aliphatic heterocycles. The summed E-state index contributed by atoms with van der Waals surface area (Å²) in [7, 11) is 3.75. The lowest BCUT2D eigenvalue weighted by Crippen LogP contribution is -2.29. The van der Waals surface area contributed by atoms with E-state index >= 15 is 0 Å². The van der Waals surface area contributed by atoms with Gasteiger partial charge in [0.1, 0.15) is 0 Å². The minimum atomic E-state index is -0.249. The Morgan fingerprint density at radius 1 is 1.29 bits per heavy atom. The van der Waals surface area contributed by atoms with Crippen LogP contribution < -0.4 is 16.2 Å². The second kappa shape index (κ2) is 6.10. The molecule has 1 unspecified atom stereocenters. The first kappa shape index (κ1) is 15.3. The van der Waals surface area contributed by atoms with Gasteiger partial charge in [-0.25, -0.2) is 4.68 Å². The van der Waals surface area contributed by atoms with Gasteiger partial charge in [0.25, 0.3) is 5.56 Å². The van der Waals surface area contributed by atoms with Gasteiger partial charge < -0.3 is 10.6 Å². The predicted octanol–water partition coefficient (Wildman–Crippen LogP) is 1.63. The van der Waals surface area contributed by atoms with E-state index in [2.05, 4.69) is 11.2 Å². The summed E-state index contributed by atoms with van der Waals surface area (Å²) in [6.45, 7) is 4.46. The van der Waals surface area contributed by atoms with Crippen LogP contribution in [0, 0.1) is 13.8 Å². The van der Waals surface area contributed by atoms with Crippen molar-refractivity contribution in [3.05, 3.63) is 57.5 Å². The molecule has 0 saturated heterocycles. The topological polar surface area (TPSA) is 64.2 Å². The lowest BCUT2D eigenvalue weighted by molar-refractivity contribution is 0.502. The van der Waals surface area contributed by atoms with Crippen molar-refractivity contribution < 1.29 is 0 Å². The third kappa shape index (κ3) is 3.49. The zero-order valence-electron chi connectivity index (χ0n) is 13.0. The maximum absolute atomic E-state index is 12.1. The van der Waals surface area contributed by atoms with E-state index in [1.54, 1.807) is 12.3 Å². The SMILES string of the molecule is Cc1ccc(C(N)Cn2ncc(N(C)C)cc2=O)c(C)c1. The molecule has 5 heteroatoms. The van der Waals surface area contributed by atoms with Crippen LogP contribution in [0.1, 0.15) is 22.7 Å². The number of benzene rings is 1. The molecule has 0 fully saturated rings. The van der Waals surface area contributed by atoms with Gasteiger partial charge in [0.2, 0.25) is 0 Å². The summed E-state index contributed by atoms with van der Waals surface area (Å²) in [5, 5.41) is 4.19. The molecule has 2 N–H and O–H groups in total. The van der Waals surface area contributed by atoms with Gasteiger partial charge in [-0.05, 0) is 25.0 Å². The van der Waals surface area contributed by atoms with E-state index in [-0.39, 0.29) is 11.6 Å². The Balaban J connectivity index is 2.23. The Hall–Kier alpha value is -2.14. The fraction of sp³-hybridized carbons (Fsp3) is 0.375. The molecule has 0 bridgehead atoms. The lowest BCUT2D eigenvalue weighted by Gasteiger charge is -2.17. The fourth-order valence-electron chi connectivity index (χ4n) is 2.33. The summed E-state index contributed by atoms with van der Waals surface area (Å²) < 4.78 is 1.41. The summed E-state index contributed by atoms with van der Waals surface area (Å²) in [4.78, 5) is 13.9. The molecule has 2 rings (SSSR count). The molecule has 1 atom stereocenters. The third-order valence-corrected chi connectivity index (χ3v) is 3.57. The summed E-state index contributed by atoms with van der Waals surface area (Å²) in [5.41, 5.74) is 10.3. The second-order valence-electron chi connectivity index (χ2n) is 5.60. The largest absolute Gasteiger partial charge is 0.376 e. The van der Waals surface area contributed by atoms with Gasteiger partial charge in [0, 0.05) is 26.2 Å². The van der Waals surface area contributed by atoms with Crippen LogP contribution in [0.3, 0.4) is 0 Å². The fourth-order valence-corrected chi connectivity index (χ4v) is 2.33. The number of rotatable bonds is 4. The van der Waals surface area contributed by atoms with E-state index in [4.69, 9.17) is 5.73 Å². The molecule has 0 aliphatic rings. The number of nitrogens with two attached hydrogens (primary N) is 1. The van der Waals surface area contributed by atoms with Crippen molar-refractivity contribution >= 4 is 5.69 Å². The smallest absolute Gasteiger partial charge is 0.268 e. The standard InChI is InChI=1S/C16H22N4O/c1-11-5-6-14(12(2)7-11)15(17)10-20-16(21)8-13(9-18-20)19(3)4/h5-9,15H,10,17H2,1-4H3. The summed E-state index contributed by atoms with van der Waals surface area (Å²) in [6.07, 6.45) is 1.68. The maximum Gasteiger partial charge on any atom is 0.268 e. The molecule has 1 aromatic heterocycles. The van der Waals surface area contributed by atoms with Crippen molar-refractivity contribution in [2.75, 3.05) is 19.0 Å². The highest BCUT2D eigenvalue weighted by molar-refractivity contribution is 5.40. The van der Waals surface area contributed by atoms with Crippen molar-refractivity contribution in [3.8, 4) is 0 Å². The van der Waals surface area contributed by atoms with Crippen LogP contribution in [-0.4, -0.2) is 23.9 Å². The predicted molar refractivity (Wildman–Crippen MR) is 85.7 cm³/mol. The van der Waals surface area contributed by atoms with Gasteiger partial charge in [-0.3, -0.25) is 4.79 Å². The number of hydrogen-bond donors (Lipinski definition) is 1. The minimum Gasteiger partial charge on any atom is -0.376 e. The van der Waals surface area contributed by atoms with E-state index in [0.29, 0.717) is 6.54 Å². The molecular formula is C16H22N4O. The van der Waals surface area contributed by atoms with Gasteiger partial charge in [0.05, 0.1) is 18.4 Å². The Morgan fingerprint density at radius 3 is 2.57 bits per heavy atom. The number of nitrogens with zero attached hydrogens (tertiary/aromatic N) is 3. The number of anilines is 1. The third-order valence-electron chi connectivity index (χ3n) is 3.57. The first-order valence-corrected chi connectivity index (χ1v) is 6.95. The van der Waals surface area contributed by atoms with Crippen LogP contribution in [0.15, 0.2) is 35.3 Å². The summed E-state index contributed by atoms with van der Waals surface area (Å²) >= 11 is 0. The van der Waals surface area contributed by atoms with Crippen LogP contribution in [-0.2, 0) is 6.54 Å². The van der Waals surface area contributed by atoms with Crippen LogP contribution in [0.2, 0.25) is 0 Å².